The Balaban J connectivity index is 1.43. The van der Waals surface area contributed by atoms with Gasteiger partial charge in [-0.2, -0.15) is 0 Å². The van der Waals surface area contributed by atoms with Crippen LogP contribution in [-0.2, 0) is 30.1 Å². The number of aromatic nitrogens is 3. The largest absolute Gasteiger partial charge is 0.497 e. The summed E-state index contributed by atoms with van der Waals surface area (Å²) in [6.07, 6.45) is 0.878. The Hall–Kier alpha value is -3.00. The van der Waals surface area contributed by atoms with E-state index in [1.807, 2.05) is 42.5 Å². The summed E-state index contributed by atoms with van der Waals surface area (Å²) in [4.78, 5) is 0. The number of hydrogen-bond acceptors (Lipinski definition) is 6. The van der Waals surface area contributed by atoms with Gasteiger partial charge in [0.15, 0.2) is 17.8 Å². The van der Waals surface area contributed by atoms with E-state index < -0.39 is 0 Å². The van der Waals surface area contributed by atoms with Crippen molar-refractivity contribution in [2.75, 3.05) is 13.9 Å². The molecule has 0 amide bonds. The molecule has 0 saturated carbocycles. The van der Waals surface area contributed by atoms with Crippen molar-refractivity contribution < 1.29 is 14.2 Å². The SMILES string of the molecule is COc1ccc(-c2nnc(SCc3cc(Cl)cc4c3OCOC4)n2CCc2ccccc2)cc1. The van der Waals surface area contributed by atoms with E-state index >= 15 is 0 Å². The Bertz CT molecular complexity index is 1260. The lowest BCUT2D eigenvalue weighted by molar-refractivity contribution is -0.0168. The third-order valence-corrected chi connectivity index (χ3v) is 6.87. The van der Waals surface area contributed by atoms with Crippen LogP contribution in [0.4, 0.5) is 0 Å². The molecule has 1 aliphatic heterocycles. The zero-order chi connectivity index (χ0) is 23.3. The van der Waals surface area contributed by atoms with Gasteiger partial charge >= 0.3 is 0 Å². The van der Waals surface area contributed by atoms with Crippen LogP contribution >= 0.6 is 23.4 Å². The fourth-order valence-corrected chi connectivity index (χ4v) is 5.14. The Morgan fingerprint density at radius 3 is 2.68 bits per heavy atom. The Labute approximate surface area is 207 Å². The van der Waals surface area contributed by atoms with Crippen molar-refractivity contribution in [2.24, 2.45) is 0 Å². The van der Waals surface area contributed by atoms with Crippen LogP contribution in [0.3, 0.4) is 0 Å². The highest BCUT2D eigenvalue weighted by Crippen LogP contribution is 2.36. The van der Waals surface area contributed by atoms with Crippen LogP contribution in [0.5, 0.6) is 11.5 Å². The molecule has 174 valence electrons. The molecule has 6 nitrogen and oxygen atoms in total. The van der Waals surface area contributed by atoms with Gasteiger partial charge in [0.05, 0.1) is 13.7 Å². The summed E-state index contributed by atoms with van der Waals surface area (Å²) in [5.41, 5.74) is 4.26. The third-order valence-electron chi connectivity index (χ3n) is 5.64. The quantitative estimate of drug-likeness (QED) is 0.280. The second kappa shape index (κ2) is 10.5. The van der Waals surface area contributed by atoms with E-state index in [2.05, 4.69) is 39.0 Å². The van der Waals surface area contributed by atoms with E-state index in [9.17, 15) is 0 Å². The molecule has 0 fully saturated rings. The second-order valence-electron chi connectivity index (χ2n) is 7.87. The maximum absolute atomic E-state index is 6.36. The molecule has 0 atom stereocenters. The van der Waals surface area contributed by atoms with Gasteiger partial charge in [-0.25, -0.2) is 0 Å². The molecule has 0 spiro atoms. The number of halogens is 1. The maximum atomic E-state index is 6.36. The van der Waals surface area contributed by atoms with Crippen molar-refractivity contribution in [1.29, 1.82) is 0 Å². The van der Waals surface area contributed by atoms with Crippen LogP contribution in [0.25, 0.3) is 11.4 Å². The molecule has 0 aliphatic carbocycles. The number of benzene rings is 3. The van der Waals surface area contributed by atoms with Crippen LogP contribution < -0.4 is 9.47 Å². The third kappa shape index (κ3) is 5.06. The summed E-state index contributed by atoms with van der Waals surface area (Å²) in [6.45, 7) is 1.52. The van der Waals surface area contributed by atoms with Gasteiger partial charge in [-0.1, -0.05) is 53.7 Å². The summed E-state index contributed by atoms with van der Waals surface area (Å²) < 4.78 is 18.7. The molecule has 0 unspecified atom stereocenters. The zero-order valence-electron chi connectivity index (χ0n) is 18.7. The molecule has 0 bridgehead atoms. The predicted molar refractivity (Wildman–Crippen MR) is 133 cm³/mol. The Morgan fingerprint density at radius 1 is 1.06 bits per heavy atom. The molecule has 1 aromatic heterocycles. The van der Waals surface area contributed by atoms with Crippen LogP contribution in [0.2, 0.25) is 5.02 Å². The molecule has 0 saturated heterocycles. The number of nitrogens with zero attached hydrogens (tertiary/aromatic N) is 3. The first-order chi connectivity index (χ1) is 16.7. The van der Waals surface area contributed by atoms with E-state index in [1.165, 1.54) is 5.56 Å². The minimum absolute atomic E-state index is 0.251. The Morgan fingerprint density at radius 2 is 1.88 bits per heavy atom. The molecule has 2 heterocycles. The molecule has 4 aromatic rings. The van der Waals surface area contributed by atoms with Gasteiger partial charge in [0.2, 0.25) is 0 Å². The lowest BCUT2D eigenvalue weighted by Crippen LogP contribution is -2.13. The van der Waals surface area contributed by atoms with Gasteiger partial charge in [-0.15, -0.1) is 10.2 Å². The van der Waals surface area contributed by atoms with Crippen molar-refractivity contribution in [3.05, 3.63) is 88.4 Å². The molecule has 8 heteroatoms. The van der Waals surface area contributed by atoms with Crippen molar-refractivity contribution in [3.63, 3.8) is 0 Å². The molecule has 1 aliphatic rings. The number of fused-ring (bicyclic) bond motifs is 1. The highest BCUT2D eigenvalue weighted by Gasteiger charge is 2.19. The molecule has 5 rings (SSSR count). The number of ether oxygens (including phenoxy) is 3. The molecule has 0 radical (unpaired) electrons. The monoisotopic (exact) mass is 493 g/mol. The standard InChI is InChI=1S/C26H24ClN3O3S/c1-31-23-9-7-19(8-10-23)25-28-29-26(30(25)12-11-18-5-3-2-4-6-18)34-16-21-14-22(27)13-20-15-32-17-33-24(20)21/h2-10,13-14H,11-12,15-17H2,1H3. The first kappa shape index (κ1) is 22.8. The van der Waals surface area contributed by atoms with Gasteiger partial charge in [-0.3, -0.25) is 0 Å². The second-order valence-corrected chi connectivity index (χ2v) is 9.25. The van der Waals surface area contributed by atoms with Gasteiger partial charge in [0, 0.05) is 34.0 Å². The lowest BCUT2D eigenvalue weighted by atomic mass is 10.1. The molecule has 34 heavy (non-hydrogen) atoms. The molecule has 0 N–H and O–H groups in total. The van der Waals surface area contributed by atoms with Crippen molar-refractivity contribution >= 4 is 23.4 Å². The number of thioether (sulfide) groups is 1. The van der Waals surface area contributed by atoms with E-state index in [0.717, 1.165) is 52.1 Å². The Kier molecular flexibility index (Phi) is 7.04. The minimum Gasteiger partial charge on any atom is -0.497 e. The van der Waals surface area contributed by atoms with E-state index in [4.69, 9.17) is 25.8 Å². The summed E-state index contributed by atoms with van der Waals surface area (Å²) in [5, 5.41) is 10.6. The minimum atomic E-state index is 0.251. The van der Waals surface area contributed by atoms with Crippen molar-refractivity contribution in [3.8, 4) is 22.9 Å². The number of methoxy groups -OCH3 is 1. The molecule has 3 aromatic carbocycles. The smallest absolute Gasteiger partial charge is 0.191 e. The van der Waals surface area contributed by atoms with Crippen LogP contribution in [0.15, 0.2) is 71.9 Å². The van der Waals surface area contributed by atoms with Gasteiger partial charge in [-0.05, 0) is 48.4 Å². The number of aryl methyl sites for hydroxylation is 1. The zero-order valence-corrected chi connectivity index (χ0v) is 20.3. The fourth-order valence-electron chi connectivity index (χ4n) is 3.94. The number of rotatable bonds is 8. The first-order valence-electron chi connectivity index (χ1n) is 11.0. The average molecular weight is 494 g/mol. The van der Waals surface area contributed by atoms with E-state index in [0.29, 0.717) is 17.4 Å². The summed E-state index contributed by atoms with van der Waals surface area (Å²) in [6, 6.07) is 22.2. The molecular weight excluding hydrogens is 470 g/mol. The normalized spacial score (nSPS) is 12.8. The summed E-state index contributed by atoms with van der Waals surface area (Å²) >= 11 is 7.98. The topological polar surface area (TPSA) is 58.4 Å². The van der Waals surface area contributed by atoms with Gasteiger partial charge in [0.25, 0.3) is 0 Å². The van der Waals surface area contributed by atoms with Crippen LogP contribution in [0, 0.1) is 0 Å². The average Bonchev–Trinajstić information content (AvgIpc) is 3.29. The van der Waals surface area contributed by atoms with Crippen molar-refractivity contribution in [2.45, 2.75) is 30.5 Å². The van der Waals surface area contributed by atoms with Crippen LogP contribution in [0.1, 0.15) is 16.7 Å². The van der Waals surface area contributed by atoms with Crippen molar-refractivity contribution in [1.82, 2.24) is 14.8 Å². The maximum Gasteiger partial charge on any atom is 0.191 e. The first-order valence-corrected chi connectivity index (χ1v) is 12.3. The summed E-state index contributed by atoms with van der Waals surface area (Å²) in [7, 11) is 1.66. The van der Waals surface area contributed by atoms with Crippen LogP contribution in [-0.4, -0.2) is 28.7 Å². The number of hydrogen-bond donors (Lipinski definition) is 0. The highest BCUT2D eigenvalue weighted by molar-refractivity contribution is 7.98. The van der Waals surface area contributed by atoms with Gasteiger partial charge in [0.1, 0.15) is 11.5 Å². The summed E-state index contributed by atoms with van der Waals surface area (Å²) in [5.74, 6) is 3.16. The predicted octanol–water partition coefficient (Wildman–Crippen LogP) is 6.01. The van der Waals surface area contributed by atoms with E-state index in [-0.39, 0.29) is 6.79 Å². The lowest BCUT2D eigenvalue weighted by Gasteiger charge is -2.21. The fraction of sp³-hybridized carbons (Fsp3) is 0.231. The van der Waals surface area contributed by atoms with Gasteiger partial charge < -0.3 is 18.8 Å². The molecular formula is C26H24ClN3O3S. The van der Waals surface area contributed by atoms with E-state index in [1.54, 1.807) is 18.9 Å². The highest BCUT2D eigenvalue weighted by atomic mass is 35.5.